The molecule has 0 aliphatic carbocycles. The first-order valence-electron chi connectivity index (χ1n) is 3.94. The molecule has 0 heterocycles. The minimum atomic E-state index is -0.618. The summed E-state index contributed by atoms with van der Waals surface area (Å²) in [6, 6.07) is 5.84. The van der Waals surface area contributed by atoms with Crippen LogP contribution in [0.15, 0.2) is 22.7 Å². The number of aryl methyl sites for hydroxylation is 1. The highest BCUT2D eigenvalue weighted by atomic mass is 79.9. The molecule has 0 aromatic heterocycles. The van der Waals surface area contributed by atoms with E-state index < -0.39 is 6.10 Å². The number of halogens is 1. The number of rotatable bonds is 2. The van der Waals surface area contributed by atoms with Gasteiger partial charge in [0, 0.05) is 4.47 Å². The lowest BCUT2D eigenvalue weighted by Gasteiger charge is -2.10. The summed E-state index contributed by atoms with van der Waals surface area (Å²) in [6.45, 7) is 5.65. The lowest BCUT2D eigenvalue weighted by Crippen LogP contribution is -1.97. The standard InChI is InChI=1S/C10H12BrO/c1-3-8-6-9(11)4-5-10(8)7(2)12/h4-7,12H,2-3H2,1H3. The van der Waals surface area contributed by atoms with Crippen molar-refractivity contribution in [3.63, 3.8) is 0 Å². The summed E-state index contributed by atoms with van der Waals surface area (Å²) >= 11 is 3.38. The van der Waals surface area contributed by atoms with Crippen LogP contribution in [0.25, 0.3) is 0 Å². The second-order valence-corrected chi connectivity index (χ2v) is 3.63. The Labute approximate surface area is 81.6 Å². The van der Waals surface area contributed by atoms with Gasteiger partial charge in [0.05, 0.1) is 6.10 Å². The zero-order chi connectivity index (χ0) is 9.14. The molecule has 65 valence electrons. The SMILES string of the molecule is [CH2]C(O)c1ccc(Br)cc1CC. The molecule has 2 heteroatoms. The number of hydrogen-bond acceptors (Lipinski definition) is 1. The first-order chi connectivity index (χ1) is 5.65. The lowest BCUT2D eigenvalue weighted by molar-refractivity contribution is 0.225. The lowest BCUT2D eigenvalue weighted by atomic mass is 10.0. The van der Waals surface area contributed by atoms with Crippen LogP contribution in [-0.2, 0) is 6.42 Å². The molecule has 1 rings (SSSR count). The molecule has 1 aromatic rings. The van der Waals surface area contributed by atoms with Gasteiger partial charge in [0.25, 0.3) is 0 Å². The van der Waals surface area contributed by atoms with E-state index in [1.165, 1.54) is 0 Å². The Morgan fingerprint density at radius 2 is 2.25 bits per heavy atom. The molecule has 0 bridgehead atoms. The Morgan fingerprint density at radius 1 is 1.58 bits per heavy atom. The summed E-state index contributed by atoms with van der Waals surface area (Å²) in [6.07, 6.45) is 0.300. The molecular formula is C10H12BrO. The Hall–Kier alpha value is -0.340. The summed E-state index contributed by atoms with van der Waals surface area (Å²) in [5, 5.41) is 9.30. The van der Waals surface area contributed by atoms with E-state index in [1.54, 1.807) is 0 Å². The van der Waals surface area contributed by atoms with Gasteiger partial charge in [-0.2, -0.15) is 0 Å². The maximum Gasteiger partial charge on any atom is 0.0793 e. The van der Waals surface area contributed by atoms with E-state index in [9.17, 15) is 5.11 Å². The molecule has 1 atom stereocenters. The Bertz CT molecular complexity index is 269. The van der Waals surface area contributed by atoms with Crippen LogP contribution in [0.1, 0.15) is 24.2 Å². The van der Waals surface area contributed by atoms with Gasteiger partial charge in [0.2, 0.25) is 0 Å². The van der Waals surface area contributed by atoms with Crippen molar-refractivity contribution in [1.82, 2.24) is 0 Å². The van der Waals surface area contributed by atoms with Gasteiger partial charge in [-0.25, -0.2) is 0 Å². The molecule has 0 saturated heterocycles. The molecule has 0 fully saturated rings. The largest absolute Gasteiger partial charge is 0.388 e. The summed E-state index contributed by atoms with van der Waals surface area (Å²) in [5.41, 5.74) is 2.06. The molecule has 1 unspecified atom stereocenters. The van der Waals surface area contributed by atoms with Crippen molar-refractivity contribution in [2.45, 2.75) is 19.4 Å². The Morgan fingerprint density at radius 3 is 2.75 bits per heavy atom. The van der Waals surface area contributed by atoms with Gasteiger partial charge >= 0.3 is 0 Å². The molecule has 1 aromatic carbocycles. The van der Waals surface area contributed by atoms with Crippen molar-refractivity contribution in [2.24, 2.45) is 0 Å². The topological polar surface area (TPSA) is 20.2 Å². The molecule has 0 spiro atoms. The number of aliphatic hydroxyl groups is 1. The van der Waals surface area contributed by atoms with Gasteiger partial charge in [-0.15, -0.1) is 0 Å². The first kappa shape index (κ1) is 9.75. The Balaban J connectivity index is 3.11. The van der Waals surface area contributed by atoms with Crippen LogP contribution in [0.3, 0.4) is 0 Å². The van der Waals surface area contributed by atoms with Crippen LogP contribution in [0.5, 0.6) is 0 Å². The predicted octanol–water partition coefficient (Wildman–Crippen LogP) is 2.88. The monoisotopic (exact) mass is 227 g/mol. The van der Waals surface area contributed by atoms with E-state index in [-0.39, 0.29) is 0 Å². The first-order valence-corrected chi connectivity index (χ1v) is 4.74. The molecule has 0 aliphatic rings. The van der Waals surface area contributed by atoms with Gasteiger partial charge in [-0.05, 0) is 36.6 Å². The van der Waals surface area contributed by atoms with Crippen molar-refractivity contribution in [1.29, 1.82) is 0 Å². The van der Waals surface area contributed by atoms with E-state index in [0.29, 0.717) is 0 Å². The minimum absolute atomic E-state index is 0.618. The fraction of sp³-hybridized carbons (Fsp3) is 0.300. The maximum atomic E-state index is 9.30. The Kier molecular flexibility index (Phi) is 3.29. The second kappa shape index (κ2) is 4.06. The van der Waals surface area contributed by atoms with E-state index in [2.05, 4.69) is 29.8 Å². The van der Waals surface area contributed by atoms with Crippen LogP contribution < -0.4 is 0 Å². The van der Waals surface area contributed by atoms with E-state index in [1.807, 2.05) is 18.2 Å². The number of aliphatic hydroxyl groups excluding tert-OH is 1. The average Bonchev–Trinajstić information content (AvgIpc) is 2.03. The van der Waals surface area contributed by atoms with Crippen molar-refractivity contribution < 1.29 is 5.11 Å². The van der Waals surface area contributed by atoms with Crippen LogP contribution >= 0.6 is 15.9 Å². The van der Waals surface area contributed by atoms with Crippen LogP contribution in [-0.4, -0.2) is 5.11 Å². The van der Waals surface area contributed by atoms with Crippen molar-refractivity contribution in [2.75, 3.05) is 0 Å². The summed E-state index contributed by atoms with van der Waals surface area (Å²) in [7, 11) is 0. The second-order valence-electron chi connectivity index (χ2n) is 2.71. The third-order valence-corrected chi connectivity index (χ3v) is 2.34. The summed E-state index contributed by atoms with van der Waals surface area (Å²) < 4.78 is 1.05. The highest BCUT2D eigenvalue weighted by Gasteiger charge is 2.05. The maximum absolute atomic E-state index is 9.30. The van der Waals surface area contributed by atoms with Crippen LogP contribution in [0.4, 0.5) is 0 Å². The molecule has 1 N–H and O–H groups in total. The third-order valence-electron chi connectivity index (χ3n) is 1.84. The molecule has 1 radical (unpaired) electrons. The minimum Gasteiger partial charge on any atom is -0.388 e. The summed E-state index contributed by atoms with van der Waals surface area (Å²) in [4.78, 5) is 0. The van der Waals surface area contributed by atoms with Crippen molar-refractivity contribution >= 4 is 15.9 Å². The number of benzene rings is 1. The van der Waals surface area contributed by atoms with Crippen molar-refractivity contribution in [3.05, 3.63) is 40.7 Å². The van der Waals surface area contributed by atoms with Gasteiger partial charge in [-0.1, -0.05) is 28.9 Å². The van der Waals surface area contributed by atoms with Gasteiger partial charge < -0.3 is 5.11 Å². The molecule has 0 saturated carbocycles. The molecular weight excluding hydrogens is 216 g/mol. The fourth-order valence-corrected chi connectivity index (χ4v) is 1.61. The molecule has 0 aliphatic heterocycles. The van der Waals surface area contributed by atoms with Gasteiger partial charge in [0.15, 0.2) is 0 Å². The normalized spacial score (nSPS) is 13.0. The third kappa shape index (κ3) is 2.08. The molecule has 12 heavy (non-hydrogen) atoms. The zero-order valence-electron chi connectivity index (χ0n) is 7.05. The highest BCUT2D eigenvalue weighted by Crippen LogP contribution is 2.22. The van der Waals surface area contributed by atoms with Gasteiger partial charge in [0.1, 0.15) is 0 Å². The summed E-state index contributed by atoms with van der Waals surface area (Å²) in [5.74, 6) is 0. The highest BCUT2D eigenvalue weighted by molar-refractivity contribution is 9.10. The van der Waals surface area contributed by atoms with Crippen LogP contribution in [0.2, 0.25) is 0 Å². The molecule has 0 amide bonds. The van der Waals surface area contributed by atoms with Gasteiger partial charge in [-0.3, -0.25) is 0 Å². The fourth-order valence-electron chi connectivity index (χ4n) is 1.21. The predicted molar refractivity (Wildman–Crippen MR) is 53.8 cm³/mol. The smallest absolute Gasteiger partial charge is 0.0793 e. The average molecular weight is 228 g/mol. The van der Waals surface area contributed by atoms with Crippen LogP contribution in [0, 0.1) is 6.92 Å². The van der Waals surface area contributed by atoms with Crippen molar-refractivity contribution in [3.8, 4) is 0 Å². The van der Waals surface area contributed by atoms with E-state index in [0.717, 1.165) is 22.0 Å². The zero-order valence-corrected chi connectivity index (χ0v) is 8.63. The number of hydrogen-bond donors (Lipinski definition) is 1. The van der Waals surface area contributed by atoms with E-state index >= 15 is 0 Å². The quantitative estimate of drug-likeness (QED) is 0.825. The molecule has 1 nitrogen and oxygen atoms in total. The van der Waals surface area contributed by atoms with E-state index in [4.69, 9.17) is 0 Å².